The Hall–Kier alpha value is -3.27. The number of anilines is 1. The van der Waals surface area contributed by atoms with E-state index in [4.69, 9.17) is 32.7 Å². The van der Waals surface area contributed by atoms with Crippen LogP contribution in [0.1, 0.15) is 23.6 Å². The predicted molar refractivity (Wildman–Crippen MR) is 148 cm³/mol. The lowest BCUT2D eigenvalue weighted by Gasteiger charge is -2.23. The number of benzene rings is 3. The highest BCUT2D eigenvalue weighted by molar-refractivity contribution is 7.92. The molecule has 0 fully saturated rings. The molecule has 3 aromatic rings. The Morgan fingerprint density at radius 2 is 1.78 bits per heavy atom. The standard InChI is InChI=1S/C26H27Cl2N3O5S/c1-4-35-25-13-19(9-11-24(25)36-17-20-6-5-7-21(27)12-20)15-29-30-26(32)16-31(37(3,33)34)23-14-22(28)10-8-18(23)2/h5-15H,4,16-17H2,1-3H3,(H,30,32)/b29-15-. The summed E-state index contributed by atoms with van der Waals surface area (Å²) in [4.78, 5) is 12.5. The summed E-state index contributed by atoms with van der Waals surface area (Å²) < 4.78 is 37.3. The number of amides is 1. The number of halogens is 2. The van der Waals surface area contributed by atoms with Gasteiger partial charge in [-0.25, -0.2) is 13.8 Å². The summed E-state index contributed by atoms with van der Waals surface area (Å²) in [6, 6.07) is 17.4. The highest BCUT2D eigenvalue weighted by Gasteiger charge is 2.22. The van der Waals surface area contributed by atoms with Crippen LogP contribution in [-0.2, 0) is 21.4 Å². The van der Waals surface area contributed by atoms with E-state index in [0.29, 0.717) is 51.6 Å². The Morgan fingerprint density at radius 3 is 2.49 bits per heavy atom. The Morgan fingerprint density at radius 1 is 1.03 bits per heavy atom. The molecule has 0 heterocycles. The zero-order valence-corrected chi connectivity index (χ0v) is 22.9. The van der Waals surface area contributed by atoms with Crippen molar-refractivity contribution in [1.29, 1.82) is 0 Å². The number of sulfonamides is 1. The van der Waals surface area contributed by atoms with Crippen molar-refractivity contribution in [3.63, 3.8) is 0 Å². The van der Waals surface area contributed by atoms with Crippen molar-refractivity contribution in [3.05, 3.63) is 87.4 Å². The lowest BCUT2D eigenvalue weighted by molar-refractivity contribution is -0.119. The van der Waals surface area contributed by atoms with E-state index in [9.17, 15) is 13.2 Å². The van der Waals surface area contributed by atoms with Gasteiger partial charge in [0.25, 0.3) is 5.91 Å². The number of nitrogens with one attached hydrogen (secondary N) is 1. The minimum absolute atomic E-state index is 0.313. The van der Waals surface area contributed by atoms with Gasteiger partial charge in [-0.3, -0.25) is 9.10 Å². The number of rotatable bonds is 11. The average Bonchev–Trinajstić information content (AvgIpc) is 2.83. The quantitative estimate of drug-likeness (QED) is 0.255. The van der Waals surface area contributed by atoms with Crippen LogP contribution in [0.3, 0.4) is 0 Å². The predicted octanol–water partition coefficient (Wildman–Crippen LogP) is 5.20. The van der Waals surface area contributed by atoms with Gasteiger partial charge in [-0.1, -0.05) is 41.4 Å². The first-order valence-corrected chi connectivity index (χ1v) is 13.9. The van der Waals surface area contributed by atoms with Crippen LogP contribution in [0.2, 0.25) is 10.0 Å². The van der Waals surface area contributed by atoms with Crippen molar-refractivity contribution in [2.45, 2.75) is 20.5 Å². The van der Waals surface area contributed by atoms with Gasteiger partial charge in [-0.05, 0) is 73.0 Å². The second-order valence-electron chi connectivity index (χ2n) is 8.05. The summed E-state index contributed by atoms with van der Waals surface area (Å²) in [5, 5.41) is 4.95. The molecule has 0 spiro atoms. The molecule has 0 saturated heterocycles. The van der Waals surface area contributed by atoms with Crippen LogP contribution >= 0.6 is 23.2 Å². The first-order chi connectivity index (χ1) is 17.6. The second kappa shape index (κ2) is 12.8. The van der Waals surface area contributed by atoms with Gasteiger partial charge >= 0.3 is 0 Å². The van der Waals surface area contributed by atoms with Crippen molar-refractivity contribution < 1.29 is 22.7 Å². The number of carbonyl (C=O) groups is 1. The number of hydrazone groups is 1. The van der Waals surface area contributed by atoms with Gasteiger partial charge in [-0.2, -0.15) is 5.10 Å². The van der Waals surface area contributed by atoms with E-state index in [0.717, 1.165) is 16.1 Å². The normalized spacial score (nSPS) is 11.4. The number of hydrogen-bond acceptors (Lipinski definition) is 6. The van der Waals surface area contributed by atoms with Gasteiger partial charge in [0.1, 0.15) is 13.2 Å². The zero-order valence-electron chi connectivity index (χ0n) is 20.6. The van der Waals surface area contributed by atoms with E-state index in [2.05, 4.69) is 10.5 Å². The second-order valence-corrected chi connectivity index (χ2v) is 10.8. The highest BCUT2D eigenvalue weighted by atomic mass is 35.5. The Balaban J connectivity index is 1.68. The molecule has 0 unspecified atom stereocenters. The van der Waals surface area contributed by atoms with E-state index >= 15 is 0 Å². The Bertz CT molecular complexity index is 1400. The summed E-state index contributed by atoms with van der Waals surface area (Å²) >= 11 is 12.1. The number of hydrogen-bond donors (Lipinski definition) is 1. The molecule has 0 aliphatic carbocycles. The van der Waals surface area contributed by atoms with Gasteiger partial charge in [0.05, 0.1) is 24.8 Å². The largest absolute Gasteiger partial charge is 0.490 e. The van der Waals surface area contributed by atoms with Crippen LogP contribution in [-0.4, -0.2) is 39.9 Å². The van der Waals surface area contributed by atoms with Gasteiger partial charge in [-0.15, -0.1) is 0 Å². The van der Waals surface area contributed by atoms with Crippen LogP contribution < -0.4 is 19.2 Å². The molecule has 3 aromatic carbocycles. The maximum absolute atomic E-state index is 12.5. The molecule has 37 heavy (non-hydrogen) atoms. The van der Waals surface area contributed by atoms with Crippen LogP contribution in [0.15, 0.2) is 65.8 Å². The van der Waals surface area contributed by atoms with E-state index < -0.39 is 22.5 Å². The Kier molecular flexibility index (Phi) is 9.79. The molecular weight excluding hydrogens is 537 g/mol. The third kappa shape index (κ3) is 8.38. The zero-order chi connectivity index (χ0) is 27.0. The third-order valence-electron chi connectivity index (χ3n) is 5.08. The smallest absolute Gasteiger partial charge is 0.260 e. The molecule has 0 aliphatic rings. The fourth-order valence-electron chi connectivity index (χ4n) is 3.36. The average molecular weight is 564 g/mol. The first kappa shape index (κ1) is 28.3. The summed E-state index contributed by atoms with van der Waals surface area (Å²) in [6.07, 6.45) is 2.45. The van der Waals surface area contributed by atoms with Crippen LogP contribution in [0.5, 0.6) is 11.5 Å². The van der Waals surface area contributed by atoms with Gasteiger partial charge in [0.2, 0.25) is 10.0 Å². The molecule has 0 atom stereocenters. The van der Waals surface area contributed by atoms with Crippen LogP contribution in [0.25, 0.3) is 0 Å². The lowest BCUT2D eigenvalue weighted by Crippen LogP contribution is -2.39. The van der Waals surface area contributed by atoms with Crippen molar-refractivity contribution in [3.8, 4) is 11.5 Å². The summed E-state index contributed by atoms with van der Waals surface area (Å²) in [5.41, 5.74) is 4.90. The molecule has 1 N–H and O–H groups in total. The number of nitrogens with zero attached hydrogens (tertiary/aromatic N) is 2. The summed E-state index contributed by atoms with van der Waals surface area (Å²) in [5.74, 6) is 0.441. The molecule has 0 aliphatic heterocycles. The van der Waals surface area contributed by atoms with Gasteiger partial charge in [0, 0.05) is 10.0 Å². The number of ether oxygens (including phenoxy) is 2. The van der Waals surface area contributed by atoms with E-state index in [1.54, 1.807) is 43.3 Å². The third-order valence-corrected chi connectivity index (χ3v) is 6.68. The molecule has 11 heteroatoms. The van der Waals surface area contributed by atoms with Crippen LogP contribution in [0, 0.1) is 6.92 Å². The minimum Gasteiger partial charge on any atom is -0.490 e. The Labute approximate surface area is 226 Å². The van der Waals surface area contributed by atoms with E-state index in [1.165, 1.54) is 12.3 Å². The highest BCUT2D eigenvalue weighted by Crippen LogP contribution is 2.29. The van der Waals surface area contributed by atoms with Crippen molar-refractivity contribution in [1.82, 2.24) is 5.43 Å². The number of carbonyl (C=O) groups excluding carboxylic acids is 1. The fourth-order valence-corrected chi connectivity index (χ4v) is 4.64. The molecule has 8 nitrogen and oxygen atoms in total. The van der Waals surface area contributed by atoms with E-state index in [-0.39, 0.29) is 0 Å². The minimum atomic E-state index is -3.75. The van der Waals surface area contributed by atoms with Gasteiger partial charge < -0.3 is 9.47 Å². The molecule has 3 rings (SSSR count). The number of aryl methyl sites for hydroxylation is 1. The van der Waals surface area contributed by atoms with Gasteiger partial charge in [0.15, 0.2) is 11.5 Å². The lowest BCUT2D eigenvalue weighted by atomic mass is 10.2. The molecule has 0 bridgehead atoms. The van der Waals surface area contributed by atoms with E-state index in [1.807, 2.05) is 25.1 Å². The molecule has 0 radical (unpaired) electrons. The molecule has 0 aromatic heterocycles. The molecule has 196 valence electrons. The monoisotopic (exact) mass is 563 g/mol. The maximum Gasteiger partial charge on any atom is 0.260 e. The van der Waals surface area contributed by atoms with Crippen molar-refractivity contribution in [2.24, 2.45) is 5.10 Å². The maximum atomic E-state index is 12.5. The van der Waals surface area contributed by atoms with Crippen LogP contribution in [0.4, 0.5) is 5.69 Å². The fraction of sp³-hybridized carbons (Fsp3) is 0.231. The molecule has 0 saturated carbocycles. The first-order valence-electron chi connectivity index (χ1n) is 11.3. The topological polar surface area (TPSA) is 97.3 Å². The summed E-state index contributed by atoms with van der Waals surface area (Å²) in [7, 11) is -3.75. The van der Waals surface area contributed by atoms with Crippen molar-refractivity contribution in [2.75, 3.05) is 23.7 Å². The molecule has 1 amide bonds. The SMILES string of the molecule is CCOc1cc(/C=N\NC(=O)CN(c2cc(Cl)ccc2C)S(C)(=O)=O)ccc1OCc1cccc(Cl)c1. The summed E-state index contributed by atoms with van der Waals surface area (Å²) in [6.45, 7) is 3.87. The molecular formula is C26H27Cl2N3O5S. The van der Waals surface area contributed by atoms with Crippen molar-refractivity contribution >= 4 is 51.0 Å².